The van der Waals surface area contributed by atoms with Gasteiger partial charge in [-0.15, -0.1) is 0 Å². The molecule has 1 heterocycles. The molecule has 0 N–H and O–H groups in total. The predicted molar refractivity (Wildman–Crippen MR) is 46.7 cm³/mol. The van der Waals surface area contributed by atoms with Crippen LogP contribution in [0, 0.1) is 5.92 Å². The first-order valence-electron chi connectivity index (χ1n) is 3.95. The maximum Gasteiger partial charge on any atom is 0.324 e. The molecule has 5 heteroatoms. The lowest BCUT2D eigenvalue weighted by Gasteiger charge is -2.10. The van der Waals surface area contributed by atoms with Crippen LogP contribution in [0.5, 0.6) is 0 Å². The Bertz CT molecular complexity index is 294. The van der Waals surface area contributed by atoms with E-state index in [9.17, 15) is 9.59 Å². The molecule has 0 saturated heterocycles. The van der Waals surface area contributed by atoms with Crippen molar-refractivity contribution in [3.63, 3.8) is 0 Å². The molecule has 0 aromatic rings. The van der Waals surface area contributed by atoms with Crippen molar-refractivity contribution in [2.45, 2.75) is 13.8 Å². The third-order valence-corrected chi connectivity index (χ3v) is 1.49. The highest BCUT2D eigenvalue weighted by atomic mass is 16.5. The van der Waals surface area contributed by atoms with Crippen molar-refractivity contribution in [1.82, 2.24) is 0 Å². The lowest BCUT2D eigenvalue weighted by Crippen LogP contribution is -2.29. The smallest absolute Gasteiger partial charge is 0.324 e. The highest BCUT2D eigenvalue weighted by Crippen LogP contribution is 2.05. The quantitative estimate of drug-likeness (QED) is 0.452. The monoisotopic (exact) mass is 182 g/mol. The molecule has 1 atom stereocenters. The molecule has 0 fully saturated rings. The number of amidine groups is 1. The summed E-state index contributed by atoms with van der Waals surface area (Å²) in [7, 11) is 0. The van der Waals surface area contributed by atoms with Gasteiger partial charge in [-0.25, -0.2) is 4.99 Å². The Kier molecular flexibility index (Phi) is 2.89. The van der Waals surface area contributed by atoms with E-state index in [1.165, 1.54) is 6.21 Å². The largest absolute Gasteiger partial charge is 0.465 e. The Labute approximate surface area is 75.5 Å². The second-order valence-corrected chi connectivity index (χ2v) is 2.51. The summed E-state index contributed by atoms with van der Waals surface area (Å²) in [6, 6.07) is 0. The van der Waals surface area contributed by atoms with Crippen molar-refractivity contribution in [1.29, 1.82) is 0 Å². The molecule has 70 valence electrons. The number of rotatable bonds is 2. The molecule has 1 aliphatic rings. The molecule has 1 aliphatic heterocycles. The van der Waals surface area contributed by atoms with Gasteiger partial charge in [-0.1, -0.05) is 0 Å². The molecule has 0 aliphatic carbocycles. The van der Waals surface area contributed by atoms with E-state index in [1.54, 1.807) is 13.8 Å². The van der Waals surface area contributed by atoms with Gasteiger partial charge in [0.05, 0.1) is 6.61 Å². The van der Waals surface area contributed by atoms with Crippen LogP contribution in [0.2, 0.25) is 0 Å². The van der Waals surface area contributed by atoms with Crippen LogP contribution in [-0.4, -0.2) is 30.5 Å². The minimum atomic E-state index is -0.955. The number of amides is 1. The second-order valence-electron chi connectivity index (χ2n) is 2.51. The zero-order valence-electron chi connectivity index (χ0n) is 7.48. The van der Waals surface area contributed by atoms with Crippen molar-refractivity contribution >= 4 is 23.9 Å². The van der Waals surface area contributed by atoms with E-state index in [-0.39, 0.29) is 6.61 Å². The summed E-state index contributed by atoms with van der Waals surface area (Å²) in [5.41, 5.74) is 0. The topological polar surface area (TPSA) is 68.1 Å². The summed E-state index contributed by atoms with van der Waals surface area (Å²) >= 11 is 0. The molecular weight excluding hydrogens is 172 g/mol. The Morgan fingerprint density at radius 1 is 1.69 bits per heavy atom. The molecule has 1 unspecified atom stereocenters. The first-order chi connectivity index (χ1) is 6.15. The average molecular weight is 182 g/mol. The number of carbonyl (C=O) groups is 2. The molecular formula is C8H10N2O3. The Morgan fingerprint density at radius 3 is 2.92 bits per heavy atom. The number of hydrogen-bond donors (Lipinski definition) is 0. The van der Waals surface area contributed by atoms with Gasteiger partial charge in [-0.3, -0.25) is 9.59 Å². The zero-order chi connectivity index (χ0) is 9.84. The number of nitrogens with zero attached hydrogens (tertiary/aromatic N) is 2. The van der Waals surface area contributed by atoms with Gasteiger partial charge in [0.25, 0.3) is 5.91 Å². The van der Waals surface area contributed by atoms with Gasteiger partial charge in [0.1, 0.15) is 5.84 Å². The molecule has 5 nitrogen and oxygen atoms in total. The molecule has 0 aromatic carbocycles. The maximum absolute atomic E-state index is 11.1. The molecule has 0 radical (unpaired) electrons. The van der Waals surface area contributed by atoms with Crippen LogP contribution < -0.4 is 0 Å². The van der Waals surface area contributed by atoms with Gasteiger partial charge in [0, 0.05) is 6.21 Å². The fourth-order valence-corrected chi connectivity index (χ4v) is 0.898. The van der Waals surface area contributed by atoms with E-state index in [1.807, 2.05) is 0 Å². The lowest BCUT2D eigenvalue weighted by molar-refractivity contribution is -0.148. The van der Waals surface area contributed by atoms with Crippen LogP contribution in [-0.2, 0) is 14.3 Å². The summed E-state index contributed by atoms with van der Waals surface area (Å²) < 4.78 is 4.67. The number of hydrogen-bond acceptors (Lipinski definition) is 4. The van der Waals surface area contributed by atoms with Gasteiger partial charge >= 0.3 is 5.97 Å². The molecule has 13 heavy (non-hydrogen) atoms. The zero-order valence-corrected chi connectivity index (χ0v) is 7.48. The van der Waals surface area contributed by atoms with E-state index in [0.29, 0.717) is 5.84 Å². The standard InChI is InChI=1S/C8H10N2O3/c1-3-13-8(12)6-4-9-5(2)10-7(6)11/h4,6H,3H2,1-2H3. The second kappa shape index (κ2) is 3.93. The van der Waals surface area contributed by atoms with Crippen LogP contribution in [0.15, 0.2) is 9.98 Å². The van der Waals surface area contributed by atoms with E-state index in [2.05, 4.69) is 14.7 Å². The Balaban J connectivity index is 2.70. The van der Waals surface area contributed by atoms with Gasteiger partial charge in [-0.05, 0) is 13.8 Å². The normalized spacial score (nSPS) is 21.2. The van der Waals surface area contributed by atoms with E-state index < -0.39 is 17.8 Å². The number of esters is 1. The molecule has 1 rings (SSSR count). The SMILES string of the molecule is CCOC(=O)C1C=NC(C)=NC1=O. The van der Waals surface area contributed by atoms with Crippen LogP contribution in [0.3, 0.4) is 0 Å². The summed E-state index contributed by atoms with van der Waals surface area (Å²) in [6.07, 6.45) is 1.27. The first-order valence-corrected chi connectivity index (χ1v) is 3.95. The van der Waals surface area contributed by atoms with E-state index >= 15 is 0 Å². The molecule has 0 saturated carbocycles. The van der Waals surface area contributed by atoms with Crippen molar-refractivity contribution in [2.75, 3.05) is 6.61 Å². The van der Waals surface area contributed by atoms with Crippen molar-refractivity contribution in [3.8, 4) is 0 Å². The third-order valence-electron chi connectivity index (χ3n) is 1.49. The molecule has 0 spiro atoms. The molecule has 0 bridgehead atoms. The molecule has 1 amide bonds. The van der Waals surface area contributed by atoms with Gasteiger partial charge in [-0.2, -0.15) is 4.99 Å². The van der Waals surface area contributed by atoms with Crippen LogP contribution in [0.25, 0.3) is 0 Å². The van der Waals surface area contributed by atoms with Crippen LogP contribution in [0.4, 0.5) is 0 Å². The minimum absolute atomic E-state index is 0.249. The van der Waals surface area contributed by atoms with Crippen molar-refractivity contribution in [2.24, 2.45) is 15.9 Å². The Hall–Kier alpha value is -1.52. The fourth-order valence-electron chi connectivity index (χ4n) is 0.898. The number of ether oxygens (including phenoxy) is 1. The van der Waals surface area contributed by atoms with Gasteiger partial charge < -0.3 is 4.74 Å². The summed E-state index contributed by atoms with van der Waals surface area (Å²) in [4.78, 5) is 29.6. The predicted octanol–water partition coefficient (Wildman–Crippen LogP) is 0.195. The Morgan fingerprint density at radius 2 is 2.38 bits per heavy atom. The maximum atomic E-state index is 11.1. The molecule has 0 aromatic heterocycles. The third kappa shape index (κ3) is 2.21. The summed E-state index contributed by atoms with van der Waals surface area (Å²) in [5.74, 6) is -1.69. The van der Waals surface area contributed by atoms with E-state index in [0.717, 1.165) is 0 Å². The van der Waals surface area contributed by atoms with Crippen molar-refractivity contribution < 1.29 is 14.3 Å². The summed E-state index contributed by atoms with van der Waals surface area (Å²) in [6.45, 7) is 3.52. The summed E-state index contributed by atoms with van der Waals surface area (Å²) in [5, 5.41) is 0. The highest BCUT2D eigenvalue weighted by molar-refractivity contribution is 6.18. The van der Waals surface area contributed by atoms with E-state index in [4.69, 9.17) is 0 Å². The van der Waals surface area contributed by atoms with Crippen LogP contribution >= 0.6 is 0 Å². The van der Waals surface area contributed by atoms with Gasteiger partial charge in [0.2, 0.25) is 0 Å². The fraction of sp³-hybridized carbons (Fsp3) is 0.500. The number of aliphatic imine (C=N–C) groups is 2. The van der Waals surface area contributed by atoms with Crippen LogP contribution in [0.1, 0.15) is 13.8 Å². The first kappa shape index (κ1) is 9.57. The van der Waals surface area contributed by atoms with Gasteiger partial charge in [0.15, 0.2) is 5.92 Å². The number of carbonyl (C=O) groups excluding carboxylic acids is 2. The van der Waals surface area contributed by atoms with Crippen molar-refractivity contribution in [3.05, 3.63) is 0 Å². The highest BCUT2D eigenvalue weighted by Gasteiger charge is 2.28. The average Bonchev–Trinajstić information content (AvgIpc) is 2.04. The minimum Gasteiger partial charge on any atom is -0.465 e. The lowest BCUT2D eigenvalue weighted by atomic mass is 10.1.